The van der Waals surface area contributed by atoms with Gasteiger partial charge in [0.2, 0.25) is 5.91 Å². The zero-order valence-electron chi connectivity index (χ0n) is 13.2. The number of carbonyl (C=O) groups excluding carboxylic acids is 2. The number of carbonyl (C=O) groups is 2. The van der Waals surface area contributed by atoms with Gasteiger partial charge < -0.3 is 15.2 Å². The molecular weight excluding hydrogens is 296 g/mol. The van der Waals surface area contributed by atoms with Crippen molar-refractivity contribution < 1.29 is 19.4 Å². The number of benzene rings is 1. The smallest absolute Gasteiger partial charge is 0.414 e. The van der Waals surface area contributed by atoms with E-state index in [-0.39, 0.29) is 12.0 Å². The number of amides is 2. The maximum Gasteiger partial charge on any atom is 0.414 e. The first kappa shape index (κ1) is 15.8. The van der Waals surface area contributed by atoms with Crippen LogP contribution in [0.4, 0.5) is 10.5 Å². The Hall–Kier alpha value is -2.08. The molecule has 1 heterocycles. The molecule has 2 N–H and O–H groups in total. The van der Waals surface area contributed by atoms with Crippen LogP contribution in [0.1, 0.15) is 43.4 Å². The first-order valence-corrected chi connectivity index (χ1v) is 8.08. The van der Waals surface area contributed by atoms with Crippen LogP contribution < -0.4 is 10.2 Å². The van der Waals surface area contributed by atoms with Crippen LogP contribution in [0.2, 0.25) is 0 Å². The lowest BCUT2D eigenvalue weighted by Gasteiger charge is -2.18. The molecule has 23 heavy (non-hydrogen) atoms. The monoisotopic (exact) mass is 318 g/mol. The maximum atomic E-state index is 12.1. The number of aliphatic hydroxyl groups excluding tert-OH is 1. The van der Waals surface area contributed by atoms with E-state index in [9.17, 15) is 14.7 Å². The van der Waals surface area contributed by atoms with Crippen molar-refractivity contribution in [3.63, 3.8) is 0 Å². The highest BCUT2D eigenvalue weighted by atomic mass is 16.6. The van der Waals surface area contributed by atoms with Crippen LogP contribution in [-0.4, -0.2) is 36.3 Å². The van der Waals surface area contributed by atoms with Crippen molar-refractivity contribution in [1.82, 2.24) is 5.32 Å². The molecule has 1 aromatic rings. The summed E-state index contributed by atoms with van der Waals surface area (Å²) in [5.41, 5.74) is 2.80. The first-order chi connectivity index (χ1) is 11.0. The fourth-order valence-corrected chi connectivity index (χ4v) is 3.19. The third kappa shape index (κ3) is 3.47. The summed E-state index contributed by atoms with van der Waals surface area (Å²) in [6.07, 6.45) is 2.57. The van der Waals surface area contributed by atoms with Crippen LogP contribution in [0.5, 0.6) is 0 Å². The van der Waals surface area contributed by atoms with Crippen LogP contribution in [0, 0.1) is 0 Å². The van der Waals surface area contributed by atoms with E-state index in [4.69, 9.17) is 4.74 Å². The van der Waals surface area contributed by atoms with E-state index in [1.54, 1.807) is 4.90 Å². The lowest BCUT2D eigenvalue weighted by Crippen LogP contribution is -2.33. The summed E-state index contributed by atoms with van der Waals surface area (Å²) < 4.78 is 5.28. The molecule has 2 aliphatic rings. The Morgan fingerprint density at radius 1 is 1.43 bits per heavy atom. The Bertz CT molecular complexity index is 617. The number of aryl methyl sites for hydroxylation is 1. The van der Waals surface area contributed by atoms with Crippen molar-refractivity contribution in [2.24, 2.45) is 0 Å². The third-order valence-electron chi connectivity index (χ3n) is 4.43. The molecule has 1 fully saturated rings. The molecule has 0 spiro atoms. The molecule has 2 atom stereocenters. The molecule has 6 nitrogen and oxygen atoms in total. The lowest BCUT2D eigenvalue weighted by molar-refractivity contribution is -0.119. The van der Waals surface area contributed by atoms with Gasteiger partial charge in [-0.15, -0.1) is 0 Å². The molecule has 0 bridgehead atoms. The summed E-state index contributed by atoms with van der Waals surface area (Å²) in [6.45, 7) is 2.14. The zero-order valence-corrected chi connectivity index (χ0v) is 13.2. The first-order valence-electron chi connectivity index (χ1n) is 8.08. The van der Waals surface area contributed by atoms with Gasteiger partial charge in [-0.1, -0.05) is 12.5 Å². The summed E-state index contributed by atoms with van der Waals surface area (Å²) in [5.74, 6) is -0.146. The van der Waals surface area contributed by atoms with E-state index in [1.165, 1.54) is 6.92 Å². The molecule has 0 saturated carbocycles. The molecule has 3 rings (SSSR count). The number of aliphatic hydroxyl groups is 1. The highest BCUT2D eigenvalue weighted by molar-refractivity contribution is 5.90. The minimum absolute atomic E-state index is 0.146. The molecule has 1 aromatic carbocycles. The Labute approximate surface area is 135 Å². The molecule has 0 aromatic heterocycles. The number of hydrogen-bond acceptors (Lipinski definition) is 4. The lowest BCUT2D eigenvalue weighted by atomic mass is 10.00. The normalized spacial score (nSPS) is 23.9. The van der Waals surface area contributed by atoms with Crippen molar-refractivity contribution in [2.45, 2.75) is 44.8 Å². The fraction of sp³-hybridized carbons (Fsp3) is 0.529. The standard InChI is InChI=1S/C17H22N2O4/c1-11(20)18-9-14-10-19(17(22)23-14)13-7-6-12-4-2-3-5-16(21)15(12)8-13/h6-8,14,16,21H,2-5,9-10H2,1H3,(H,18,20). The van der Waals surface area contributed by atoms with Crippen molar-refractivity contribution in [3.8, 4) is 0 Å². The molecule has 124 valence electrons. The minimum Gasteiger partial charge on any atom is -0.442 e. The maximum absolute atomic E-state index is 12.1. The van der Waals surface area contributed by atoms with Crippen molar-refractivity contribution >= 4 is 17.7 Å². The van der Waals surface area contributed by atoms with Gasteiger partial charge >= 0.3 is 6.09 Å². The van der Waals surface area contributed by atoms with Gasteiger partial charge in [-0.25, -0.2) is 4.79 Å². The van der Waals surface area contributed by atoms with E-state index in [0.29, 0.717) is 13.1 Å². The fourth-order valence-electron chi connectivity index (χ4n) is 3.19. The Morgan fingerprint density at radius 3 is 3.04 bits per heavy atom. The van der Waals surface area contributed by atoms with Crippen molar-refractivity contribution in [2.75, 3.05) is 18.0 Å². The Morgan fingerprint density at radius 2 is 2.26 bits per heavy atom. The van der Waals surface area contributed by atoms with E-state index < -0.39 is 12.2 Å². The van der Waals surface area contributed by atoms with Gasteiger partial charge in [0.1, 0.15) is 6.10 Å². The van der Waals surface area contributed by atoms with Gasteiger partial charge in [0.25, 0.3) is 0 Å². The number of cyclic esters (lactones) is 1. The number of ether oxygens (including phenoxy) is 1. The summed E-state index contributed by atoms with van der Waals surface area (Å²) in [5, 5.41) is 13.0. The van der Waals surface area contributed by atoms with E-state index in [2.05, 4.69) is 5.32 Å². The summed E-state index contributed by atoms with van der Waals surface area (Å²) >= 11 is 0. The highest BCUT2D eigenvalue weighted by Gasteiger charge is 2.33. The number of hydrogen-bond donors (Lipinski definition) is 2. The summed E-state index contributed by atoms with van der Waals surface area (Å²) in [7, 11) is 0. The number of nitrogens with zero attached hydrogens (tertiary/aromatic N) is 1. The van der Waals surface area contributed by atoms with Crippen LogP contribution in [0.3, 0.4) is 0 Å². The zero-order chi connectivity index (χ0) is 16.4. The van der Waals surface area contributed by atoms with Crippen LogP contribution in [0.25, 0.3) is 0 Å². The van der Waals surface area contributed by atoms with Gasteiger partial charge in [-0.2, -0.15) is 0 Å². The molecule has 2 unspecified atom stereocenters. The van der Waals surface area contributed by atoms with Crippen LogP contribution in [-0.2, 0) is 16.0 Å². The average molecular weight is 318 g/mol. The highest BCUT2D eigenvalue weighted by Crippen LogP contribution is 2.32. The second-order valence-electron chi connectivity index (χ2n) is 6.20. The number of fused-ring (bicyclic) bond motifs is 1. The topological polar surface area (TPSA) is 78.9 Å². The second kappa shape index (κ2) is 6.58. The number of rotatable bonds is 3. The Balaban J connectivity index is 1.77. The van der Waals surface area contributed by atoms with Crippen molar-refractivity contribution in [1.29, 1.82) is 0 Å². The summed E-state index contributed by atoms with van der Waals surface area (Å²) in [4.78, 5) is 24.6. The van der Waals surface area contributed by atoms with E-state index in [1.807, 2.05) is 18.2 Å². The van der Waals surface area contributed by atoms with E-state index >= 15 is 0 Å². The molecule has 1 saturated heterocycles. The number of nitrogens with one attached hydrogen (secondary N) is 1. The second-order valence-corrected chi connectivity index (χ2v) is 6.20. The quantitative estimate of drug-likeness (QED) is 0.835. The predicted molar refractivity (Wildman–Crippen MR) is 85.3 cm³/mol. The van der Waals surface area contributed by atoms with Crippen LogP contribution >= 0.6 is 0 Å². The van der Waals surface area contributed by atoms with Gasteiger partial charge in [0, 0.05) is 12.6 Å². The molecule has 0 radical (unpaired) electrons. The SMILES string of the molecule is CC(=O)NCC1CN(c2ccc3c(c2)C(O)CCCC3)C(=O)O1. The largest absolute Gasteiger partial charge is 0.442 e. The molecule has 6 heteroatoms. The average Bonchev–Trinajstić information content (AvgIpc) is 2.80. The van der Waals surface area contributed by atoms with E-state index in [0.717, 1.165) is 42.5 Å². The molecule has 2 amide bonds. The van der Waals surface area contributed by atoms with Gasteiger partial charge in [-0.3, -0.25) is 9.69 Å². The molecule has 1 aliphatic carbocycles. The van der Waals surface area contributed by atoms with Gasteiger partial charge in [0.15, 0.2) is 0 Å². The van der Waals surface area contributed by atoms with Crippen molar-refractivity contribution in [3.05, 3.63) is 29.3 Å². The van der Waals surface area contributed by atoms with Gasteiger partial charge in [-0.05, 0) is 42.5 Å². The molecule has 1 aliphatic heterocycles. The van der Waals surface area contributed by atoms with Crippen LogP contribution in [0.15, 0.2) is 18.2 Å². The van der Waals surface area contributed by atoms with Gasteiger partial charge in [0.05, 0.1) is 19.2 Å². The Kier molecular flexibility index (Phi) is 4.52. The third-order valence-corrected chi connectivity index (χ3v) is 4.43. The minimum atomic E-state index is -0.471. The molecular formula is C17H22N2O4. The number of anilines is 1. The summed E-state index contributed by atoms with van der Waals surface area (Å²) in [6, 6.07) is 5.79. The predicted octanol–water partition coefficient (Wildman–Crippen LogP) is 1.91.